The minimum atomic E-state index is 0.0795. The van der Waals surface area contributed by atoms with Crippen LogP contribution in [0.3, 0.4) is 0 Å². The van der Waals surface area contributed by atoms with Crippen LogP contribution in [0.2, 0.25) is 0 Å². The number of thiazole rings is 1. The van der Waals surface area contributed by atoms with Crippen molar-refractivity contribution in [2.75, 3.05) is 26.2 Å². The van der Waals surface area contributed by atoms with E-state index in [1.807, 2.05) is 35.2 Å². The summed E-state index contributed by atoms with van der Waals surface area (Å²) in [6.45, 7) is 4.48. The topological polar surface area (TPSA) is 36.4 Å². The normalized spacial score (nSPS) is 16.1. The molecule has 3 aromatic rings. The number of nitrogens with zero attached hydrogens (tertiary/aromatic N) is 3. The fraction of sp³-hybridized carbons (Fsp3) is 0.273. The number of para-hydroxylation sites is 1. The molecule has 0 atom stereocenters. The molecule has 0 N–H and O–H groups in total. The van der Waals surface area contributed by atoms with Crippen molar-refractivity contribution < 1.29 is 4.79 Å². The second kappa shape index (κ2) is 8.46. The number of fused-ring (bicyclic) bond motifs is 1. The van der Waals surface area contributed by atoms with Crippen LogP contribution in [0.25, 0.3) is 16.3 Å². The van der Waals surface area contributed by atoms with Gasteiger partial charge in [-0.2, -0.15) is 0 Å². The van der Waals surface area contributed by atoms with Gasteiger partial charge in [0.05, 0.1) is 10.2 Å². The van der Waals surface area contributed by atoms with Gasteiger partial charge in [0, 0.05) is 38.8 Å². The molecule has 0 radical (unpaired) electrons. The van der Waals surface area contributed by atoms with E-state index in [1.54, 1.807) is 17.4 Å². The Morgan fingerprint density at radius 2 is 1.81 bits per heavy atom. The number of rotatable bonds is 4. The first kappa shape index (κ1) is 17.9. The first-order valence-electron chi connectivity index (χ1n) is 9.37. The summed E-state index contributed by atoms with van der Waals surface area (Å²) in [6, 6.07) is 18.6. The molecule has 0 saturated carbocycles. The molecule has 138 valence electrons. The van der Waals surface area contributed by atoms with Gasteiger partial charge in [0.2, 0.25) is 5.91 Å². The van der Waals surface area contributed by atoms with E-state index < -0.39 is 0 Å². The molecule has 1 aliphatic heterocycles. The van der Waals surface area contributed by atoms with Crippen LogP contribution in [0.1, 0.15) is 17.0 Å². The average molecular weight is 378 g/mol. The van der Waals surface area contributed by atoms with E-state index in [1.165, 1.54) is 5.56 Å². The third kappa shape index (κ3) is 4.62. The highest BCUT2D eigenvalue weighted by molar-refractivity contribution is 7.19. The monoisotopic (exact) mass is 377 g/mol. The number of hydrogen-bond acceptors (Lipinski definition) is 4. The summed E-state index contributed by atoms with van der Waals surface area (Å²) in [5.74, 6) is 0.0795. The Bertz CT molecular complexity index is 902. The molecule has 5 heteroatoms. The molecule has 0 aliphatic carbocycles. The summed E-state index contributed by atoms with van der Waals surface area (Å²) < 4.78 is 1.15. The van der Waals surface area contributed by atoms with E-state index in [2.05, 4.69) is 40.2 Å². The standard InChI is InChI=1S/C22H23N3OS/c26-22(12-11-21-23-19-9-4-5-10-20(19)27-21)25-14-6-13-24(15-16-25)17-18-7-2-1-3-8-18/h1-5,7-12H,6,13-17H2/b12-11+. The minimum Gasteiger partial charge on any atom is -0.338 e. The van der Waals surface area contributed by atoms with E-state index in [9.17, 15) is 4.79 Å². The lowest BCUT2D eigenvalue weighted by Crippen LogP contribution is -2.34. The number of benzene rings is 2. The Labute approximate surface area is 163 Å². The number of aromatic nitrogens is 1. The van der Waals surface area contributed by atoms with Crippen molar-refractivity contribution in [1.82, 2.24) is 14.8 Å². The molecule has 1 saturated heterocycles. The van der Waals surface area contributed by atoms with Crippen LogP contribution in [0.15, 0.2) is 60.7 Å². The maximum Gasteiger partial charge on any atom is 0.246 e. The van der Waals surface area contributed by atoms with E-state index in [0.717, 1.165) is 54.4 Å². The highest BCUT2D eigenvalue weighted by atomic mass is 32.1. The van der Waals surface area contributed by atoms with E-state index in [0.29, 0.717) is 0 Å². The summed E-state index contributed by atoms with van der Waals surface area (Å²) >= 11 is 1.61. The van der Waals surface area contributed by atoms with Gasteiger partial charge in [0.15, 0.2) is 0 Å². The molecule has 1 aliphatic rings. The van der Waals surface area contributed by atoms with Gasteiger partial charge < -0.3 is 4.90 Å². The fourth-order valence-electron chi connectivity index (χ4n) is 3.40. The van der Waals surface area contributed by atoms with Crippen molar-refractivity contribution in [2.45, 2.75) is 13.0 Å². The molecular weight excluding hydrogens is 354 g/mol. The summed E-state index contributed by atoms with van der Waals surface area (Å²) in [4.78, 5) is 21.5. The van der Waals surface area contributed by atoms with E-state index >= 15 is 0 Å². The zero-order valence-corrected chi connectivity index (χ0v) is 16.1. The summed E-state index contributed by atoms with van der Waals surface area (Å²) in [5, 5.41) is 0.880. The Hall–Kier alpha value is -2.50. The average Bonchev–Trinajstić information content (AvgIpc) is 2.98. The van der Waals surface area contributed by atoms with Gasteiger partial charge in [-0.05, 0) is 30.2 Å². The Balaban J connectivity index is 1.35. The summed E-state index contributed by atoms with van der Waals surface area (Å²) in [7, 11) is 0. The fourth-order valence-corrected chi connectivity index (χ4v) is 4.27. The van der Waals surface area contributed by atoms with Gasteiger partial charge >= 0.3 is 0 Å². The Kier molecular flexibility index (Phi) is 5.61. The lowest BCUT2D eigenvalue weighted by atomic mass is 10.2. The largest absolute Gasteiger partial charge is 0.338 e. The van der Waals surface area contributed by atoms with Crippen molar-refractivity contribution >= 4 is 33.5 Å². The molecule has 1 aromatic heterocycles. The predicted octanol–water partition coefficient (Wildman–Crippen LogP) is 4.04. The van der Waals surface area contributed by atoms with Gasteiger partial charge in [0.1, 0.15) is 5.01 Å². The zero-order valence-electron chi connectivity index (χ0n) is 15.3. The first-order chi connectivity index (χ1) is 13.3. The number of carbonyl (C=O) groups is 1. The minimum absolute atomic E-state index is 0.0795. The van der Waals surface area contributed by atoms with Crippen molar-refractivity contribution in [3.8, 4) is 0 Å². The lowest BCUT2D eigenvalue weighted by molar-refractivity contribution is -0.125. The molecule has 27 heavy (non-hydrogen) atoms. The maximum atomic E-state index is 12.6. The van der Waals surface area contributed by atoms with Crippen LogP contribution >= 0.6 is 11.3 Å². The highest BCUT2D eigenvalue weighted by Crippen LogP contribution is 2.22. The maximum absolute atomic E-state index is 12.6. The van der Waals surface area contributed by atoms with E-state index in [-0.39, 0.29) is 5.91 Å². The van der Waals surface area contributed by atoms with Gasteiger partial charge in [-0.15, -0.1) is 11.3 Å². The second-order valence-electron chi connectivity index (χ2n) is 6.79. The van der Waals surface area contributed by atoms with Crippen molar-refractivity contribution in [3.63, 3.8) is 0 Å². The molecule has 0 bridgehead atoms. The van der Waals surface area contributed by atoms with Gasteiger partial charge in [0.25, 0.3) is 0 Å². The Morgan fingerprint density at radius 3 is 2.67 bits per heavy atom. The molecule has 2 aromatic carbocycles. The molecule has 0 unspecified atom stereocenters. The van der Waals surface area contributed by atoms with Crippen LogP contribution in [-0.4, -0.2) is 46.9 Å². The smallest absolute Gasteiger partial charge is 0.246 e. The summed E-state index contributed by atoms with van der Waals surface area (Å²) in [6.07, 6.45) is 4.53. The van der Waals surface area contributed by atoms with E-state index in [4.69, 9.17) is 0 Å². The summed E-state index contributed by atoms with van der Waals surface area (Å²) in [5.41, 5.74) is 2.31. The predicted molar refractivity (Wildman–Crippen MR) is 112 cm³/mol. The number of hydrogen-bond donors (Lipinski definition) is 0. The van der Waals surface area contributed by atoms with Crippen molar-refractivity contribution in [1.29, 1.82) is 0 Å². The van der Waals surface area contributed by atoms with Crippen molar-refractivity contribution in [3.05, 3.63) is 71.2 Å². The molecule has 1 amide bonds. The lowest BCUT2D eigenvalue weighted by Gasteiger charge is -2.21. The van der Waals surface area contributed by atoms with Crippen molar-refractivity contribution in [2.24, 2.45) is 0 Å². The molecular formula is C22H23N3OS. The number of carbonyl (C=O) groups excluding carboxylic acids is 1. The highest BCUT2D eigenvalue weighted by Gasteiger charge is 2.17. The van der Waals surface area contributed by atoms with Crippen LogP contribution in [0.4, 0.5) is 0 Å². The SMILES string of the molecule is O=C(/C=C/c1nc2ccccc2s1)N1CCCN(Cc2ccccc2)CC1. The van der Waals surface area contributed by atoms with Crippen LogP contribution < -0.4 is 0 Å². The van der Waals surface area contributed by atoms with Crippen LogP contribution in [0.5, 0.6) is 0 Å². The molecule has 2 heterocycles. The quantitative estimate of drug-likeness (QED) is 0.644. The molecule has 4 nitrogen and oxygen atoms in total. The third-order valence-electron chi connectivity index (χ3n) is 4.83. The van der Waals surface area contributed by atoms with Gasteiger partial charge in [-0.1, -0.05) is 42.5 Å². The van der Waals surface area contributed by atoms with Gasteiger partial charge in [-0.3, -0.25) is 9.69 Å². The van der Waals surface area contributed by atoms with Crippen LogP contribution in [0, 0.1) is 0 Å². The zero-order chi connectivity index (χ0) is 18.5. The molecule has 4 rings (SSSR count). The van der Waals surface area contributed by atoms with Gasteiger partial charge in [-0.25, -0.2) is 4.98 Å². The molecule has 1 fully saturated rings. The molecule has 0 spiro atoms. The van der Waals surface area contributed by atoms with Crippen LogP contribution in [-0.2, 0) is 11.3 Å². The Morgan fingerprint density at radius 1 is 1.00 bits per heavy atom. The second-order valence-corrected chi connectivity index (χ2v) is 7.86. The number of amides is 1. The third-order valence-corrected chi connectivity index (χ3v) is 5.83. The first-order valence-corrected chi connectivity index (χ1v) is 10.2.